The quantitative estimate of drug-likeness (QED) is 0.614. The molecule has 29 heavy (non-hydrogen) atoms. The zero-order valence-electron chi connectivity index (χ0n) is 15.5. The molecule has 4 rings (SSSR count). The third kappa shape index (κ3) is 4.55. The van der Waals surface area contributed by atoms with Crippen LogP contribution in [0.3, 0.4) is 0 Å². The molecular formula is C20H18BrClN2O3S2. The van der Waals surface area contributed by atoms with Crippen molar-refractivity contribution in [3.63, 3.8) is 0 Å². The normalized spacial score (nSPS) is 24.1. The number of halogens is 2. The molecule has 0 aliphatic carbocycles. The van der Waals surface area contributed by atoms with E-state index in [2.05, 4.69) is 20.9 Å². The van der Waals surface area contributed by atoms with Gasteiger partial charge in [0.15, 0.2) is 15.0 Å². The third-order valence-corrected chi connectivity index (χ3v) is 8.94. The van der Waals surface area contributed by atoms with E-state index in [-0.39, 0.29) is 35.1 Å². The number of carbonyl (C=O) groups is 1. The second-order valence-electron chi connectivity index (χ2n) is 7.22. The van der Waals surface area contributed by atoms with Crippen LogP contribution in [0.1, 0.15) is 11.1 Å². The Morgan fingerprint density at radius 3 is 2.66 bits per heavy atom. The zero-order chi connectivity index (χ0) is 20.8. The van der Waals surface area contributed by atoms with Crippen LogP contribution in [0.5, 0.6) is 0 Å². The average molecular weight is 514 g/mol. The molecule has 0 aromatic heterocycles. The zero-order valence-corrected chi connectivity index (χ0v) is 19.5. The number of nitrogens with zero attached hydrogens (tertiary/aromatic N) is 2. The van der Waals surface area contributed by atoms with Gasteiger partial charge in [0.25, 0.3) is 5.91 Å². The van der Waals surface area contributed by atoms with Gasteiger partial charge in [0, 0.05) is 9.72 Å². The molecule has 0 bridgehead atoms. The van der Waals surface area contributed by atoms with Crippen molar-refractivity contribution in [3.8, 4) is 0 Å². The maximum Gasteiger partial charge on any atom is 0.252 e. The molecule has 2 saturated heterocycles. The van der Waals surface area contributed by atoms with Crippen LogP contribution in [0.2, 0.25) is 5.02 Å². The van der Waals surface area contributed by atoms with Crippen LogP contribution < -0.4 is 4.90 Å². The second kappa shape index (κ2) is 8.06. The maximum absolute atomic E-state index is 12.6. The first-order valence-electron chi connectivity index (χ1n) is 9.00. The molecule has 0 unspecified atom stereocenters. The molecular weight excluding hydrogens is 496 g/mol. The first-order valence-corrected chi connectivity index (χ1v) is 12.9. The number of anilines is 1. The van der Waals surface area contributed by atoms with Gasteiger partial charge in [-0.3, -0.25) is 4.79 Å². The first kappa shape index (κ1) is 20.9. The van der Waals surface area contributed by atoms with E-state index in [9.17, 15) is 13.2 Å². The Morgan fingerprint density at radius 1 is 1.24 bits per heavy atom. The average Bonchev–Trinajstić information content (AvgIpc) is 3.08. The van der Waals surface area contributed by atoms with Crippen molar-refractivity contribution >= 4 is 65.9 Å². The minimum Gasteiger partial charge on any atom is -0.314 e. The van der Waals surface area contributed by atoms with Crippen molar-refractivity contribution in [1.29, 1.82) is 0 Å². The summed E-state index contributed by atoms with van der Waals surface area (Å²) in [7, 11) is -3.13. The van der Waals surface area contributed by atoms with Gasteiger partial charge in [-0.2, -0.15) is 4.99 Å². The predicted octanol–water partition coefficient (Wildman–Crippen LogP) is 4.26. The minimum atomic E-state index is -3.13. The lowest BCUT2D eigenvalue weighted by molar-refractivity contribution is -0.117. The second-order valence-corrected chi connectivity index (χ2v) is 11.9. The van der Waals surface area contributed by atoms with E-state index in [0.29, 0.717) is 15.9 Å². The highest BCUT2D eigenvalue weighted by molar-refractivity contribution is 9.10. The van der Waals surface area contributed by atoms with E-state index in [4.69, 9.17) is 11.6 Å². The number of benzene rings is 2. The molecule has 2 aliphatic rings. The van der Waals surface area contributed by atoms with Crippen molar-refractivity contribution < 1.29 is 13.2 Å². The lowest BCUT2D eigenvalue weighted by Gasteiger charge is -2.25. The lowest BCUT2D eigenvalue weighted by atomic mass is 10.1. The number of sulfone groups is 1. The number of carbonyl (C=O) groups excluding carboxylic acids is 1. The standard InChI is InChI=1S/C20H18BrClN2O3S2/c1-12-2-4-13(5-3-12)8-19(25)23-20-24(16-7-6-14(21)9-15(16)22)17-10-29(26,27)11-18(17)28-20/h2-7,9,17-18H,8,10-11H2,1H3/t17-,18+/m0/s1. The summed E-state index contributed by atoms with van der Waals surface area (Å²) in [6, 6.07) is 12.9. The first-order chi connectivity index (χ1) is 13.7. The monoisotopic (exact) mass is 512 g/mol. The van der Waals surface area contributed by atoms with Gasteiger partial charge in [-0.15, -0.1) is 0 Å². The Balaban J connectivity index is 1.66. The molecule has 0 radical (unpaired) electrons. The van der Waals surface area contributed by atoms with Gasteiger partial charge in [-0.1, -0.05) is 69.1 Å². The Bertz CT molecular complexity index is 1100. The van der Waals surface area contributed by atoms with Crippen molar-refractivity contribution in [2.24, 2.45) is 4.99 Å². The van der Waals surface area contributed by atoms with E-state index < -0.39 is 9.84 Å². The smallest absolute Gasteiger partial charge is 0.252 e. The summed E-state index contributed by atoms with van der Waals surface area (Å²) in [5.74, 6) is -0.155. The number of aryl methyl sites for hydroxylation is 1. The van der Waals surface area contributed by atoms with Gasteiger partial charge in [0.2, 0.25) is 0 Å². The number of amidine groups is 1. The summed E-state index contributed by atoms with van der Waals surface area (Å²) in [5.41, 5.74) is 2.68. The number of thioether (sulfide) groups is 1. The largest absolute Gasteiger partial charge is 0.314 e. The summed E-state index contributed by atoms with van der Waals surface area (Å²) in [4.78, 5) is 18.8. The van der Waals surface area contributed by atoms with Crippen LogP contribution in [-0.4, -0.2) is 42.3 Å². The van der Waals surface area contributed by atoms with E-state index >= 15 is 0 Å². The fourth-order valence-electron chi connectivity index (χ4n) is 3.55. The number of hydrogen-bond donors (Lipinski definition) is 0. The van der Waals surface area contributed by atoms with Crippen molar-refractivity contribution in [3.05, 3.63) is 63.1 Å². The summed E-state index contributed by atoms with van der Waals surface area (Å²) in [6.07, 6.45) is 0.194. The fraction of sp³-hybridized carbons (Fsp3) is 0.300. The molecule has 2 fully saturated rings. The summed E-state index contributed by atoms with van der Waals surface area (Å²) >= 11 is 11.2. The third-order valence-electron chi connectivity index (χ3n) is 4.93. The van der Waals surface area contributed by atoms with Crippen LogP contribution in [0.25, 0.3) is 0 Å². The highest BCUT2D eigenvalue weighted by Crippen LogP contribution is 2.43. The number of fused-ring (bicyclic) bond motifs is 1. The Labute approximate surface area is 187 Å². The van der Waals surface area contributed by atoms with Crippen molar-refractivity contribution in [1.82, 2.24) is 0 Å². The van der Waals surface area contributed by atoms with E-state index in [1.807, 2.05) is 48.2 Å². The maximum atomic E-state index is 12.6. The van der Waals surface area contributed by atoms with Gasteiger partial charge in [-0.25, -0.2) is 8.42 Å². The van der Waals surface area contributed by atoms with E-state index in [1.165, 1.54) is 11.8 Å². The molecule has 2 atom stereocenters. The summed E-state index contributed by atoms with van der Waals surface area (Å²) in [5, 5.41) is 0.825. The number of hydrogen-bond acceptors (Lipinski definition) is 4. The van der Waals surface area contributed by atoms with E-state index in [1.54, 1.807) is 6.07 Å². The number of amides is 1. The highest BCUT2D eigenvalue weighted by atomic mass is 79.9. The summed E-state index contributed by atoms with van der Waals surface area (Å²) in [6.45, 7) is 1.99. The van der Waals surface area contributed by atoms with Crippen LogP contribution in [0.15, 0.2) is 51.9 Å². The van der Waals surface area contributed by atoms with Gasteiger partial charge < -0.3 is 4.90 Å². The Hall–Kier alpha value is -1.35. The predicted molar refractivity (Wildman–Crippen MR) is 123 cm³/mol. The molecule has 5 nitrogen and oxygen atoms in total. The molecule has 0 N–H and O–H groups in total. The van der Waals surface area contributed by atoms with Crippen LogP contribution in [0, 0.1) is 6.92 Å². The molecule has 2 aromatic carbocycles. The molecule has 152 valence electrons. The molecule has 9 heteroatoms. The van der Waals surface area contributed by atoms with Gasteiger partial charge in [0.1, 0.15) is 0 Å². The molecule has 0 saturated carbocycles. The van der Waals surface area contributed by atoms with Crippen LogP contribution in [-0.2, 0) is 21.1 Å². The molecule has 2 heterocycles. The topological polar surface area (TPSA) is 66.8 Å². The highest BCUT2D eigenvalue weighted by Gasteiger charge is 2.49. The van der Waals surface area contributed by atoms with Crippen LogP contribution in [0.4, 0.5) is 5.69 Å². The van der Waals surface area contributed by atoms with Crippen molar-refractivity contribution in [2.75, 3.05) is 16.4 Å². The molecule has 1 amide bonds. The Morgan fingerprint density at radius 2 is 1.97 bits per heavy atom. The molecule has 2 aliphatic heterocycles. The molecule has 0 spiro atoms. The van der Waals surface area contributed by atoms with Gasteiger partial charge in [0.05, 0.1) is 34.7 Å². The minimum absolute atomic E-state index is 0.0300. The number of aliphatic imine (C=N–C) groups is 1. The SMILES string of the molecule is Cc1ccc(CC(=O)N=C2S[C@@H]3CS(=O)(=O)C[C@@H]3N2c2ccc(Br)cc2Cl)cc1. The molecule has 2 aromatic rings. The fourth-order valence-corrected chi connectivity index (χ4v) is 8.24. The Kier molecular flexibility index (Phi) is 5.81. The number of rotatable bonds is 3. The summed E-state index contributed by atoms with van der Waals surface area (Å²) < 4.78 is 25.2. The van der Waals surface area contributed by atoms with Gasteiger partial charge in [-0.05, 0) is 30.7 Å². The van der Waals surface area contributed by atoms with Gasteiger partial charge >= 0.3 is 0 Å². The van der Waals surface area contributed by atoms with Crippen molar-refractivity contribution in [2.45, 2.75) is 24.6 Å². The van der Waals surface area contributed by atoms with E-state index in [0.717, 1.165) is 15.6 Å². The lowest BCUT2D eigenvalue weighted by Crippen LogP contribution is -2.38. The van der Waals surface area contributed by atoms with Crippen LogP contribution >= 0.6 is 39.3 Å².